The molecule has 2 aromatic rings. The Morgan fingerprint density at radius 3 is 2.80 bits per heavy atom. The van der Waals surface area contributed by atoms with E-state index in [0.717, 1.165) is 31.0 Å². The number of nitrogens with zero attached hydrogens (tertiary/aromatic N) is 2. The van der Waals surface area contributed by atoms with Crippen LogP contribution in [0.5, 0.6) is 5.75 Å². The highest BCUT2D eigenvalue weighted by Crippen LogP contribution is 2.15. The molecule has 0 amide bonds. The van der Waals surface area contributed by atoms with Crippen LogP contribution in [0.3, 0.4) is 0 Å². The Morgan fingerprint density at radius 1 is 1.40 bits per heavy atom. The van der Waals surface area contributed by atoms with Crippen LogP contribution >= 0.6 is 12.2 Å². The fourth-order valence-electron chi connectivity index (χ4n) is 1.91. The third-order valence-electron chi connectivity index (χ3n) is 2.91. The number of hydrogen-bond donors (Lipinski definition) is 1. The van der Waals surface area contributed by atoms with Crippen molar-refractivity contribution in [2.75, 3.05) is 6.61 Å². The molecule has 1 aromatic carbocycles. The van der Waals surface area contributed by atoms with Crippen LogP contribution in [0.25, 0.3) is 0 Å². The van der Waals surface area contributed by atoms with E-state index in [4.69, 9.17) is 17.0 Å². The summed E-state index contributed by atoms with van der Waals surface area (Å²) < 4.78 is 8.15. The van der Waals surface area contributed by atoms with Crippen molar-refractivity contribution in [3.63, 3.8) is 0 Å². The Kier molecular flexibility index (Phi) is 5.12. The first-order valence-electron chi connectivity index (χ1n) is 6.71. The molecule has 0 saturated heterocycles. The number of H-pyrrole nitrogens is 1. The molecule has 0 aliphatic rings. The van der Waals surface area contributed by atoms with Gasteiger partial charge in [0.05, 0.1) is 6.61 Å². The quantitative estimate of drug-likeness (QED) is 0.626. The molecule has 0 spiro atoms. The molecule has 2 rings (SSSR count). The minimum Gasteiger partial charge on any atom is -0.494 e. The lowest BCUT2D eigenvalue weighted by Gasteiger charge is -2.06. The Balaban J connectivity index is 2.10. The van der Waals surface area contributed by atoms with Crippen molar-refractivity contribution in [1.82, 2.24) is 14.8 Å². The topological polar surface area (TPSA) is 42.8 Å². The molecule has 1 aromatic heterocycles. The van der Waals surface area contributed by atoms with Crippen LogP contribution in [0.4, 0.5) is 0 Å². The highest BCUT2D eigenvalue weighted by atomic mass is 32.1. The van der Waals surface area contributed by atoms with Gasteiger partial charge in [0.2, 0.25) is 0 Å². The maximum atomic E-state index is 5.57. The molecule has 106 valence electrons. The molecular weight excluding hydrogens is 270 g/mol. The molecule has 0 atom stereocenters. The number of rotatable bonds is 7. The van der Waals surface area contributed by atoms with Crippen molar-refractivity contribution in [1.29, 1.82) is 0 Å². The Bertz CT molecular complexity index is 613. The predicted molar refractivity (Wildman–Crippen MR) is 82.6 cm³/mol. The van der Waals surface area contributed by atoms with Crippen molar-refractivity contribution in [3.05, 3.63) is 53.1 Å². The maximum Gasteiger partial charge on any atom is 0.195 e. The lowest BCUT2D eigenvalue weighted by Crippen LogP contribution is -2.03. The van der Waals surface area contributed by atoms with E-state index in [1.807, 2.05) is 22.8 Å². The van der Waals surface area contributed by atoms with Gasteiger partial charge in [0.25, 0.3) is 0 Å². The second kappa shape index (κ2) is 7.05. The van der Waals surface area contributed by atoms with E-state index in [1.54, 1.807) is 0 Å². The van der Waals surface area contributed by atoms with E-state index < -0.39 is 0 Å². The molecule has 0 fully saturated rings. The zero-order chi connectivity index (χ0) is 14.4. The first-order valence-corrected chi connectivity index (χ1v) is 7.12. The van der Waals surface area contributed by atoms with Crippen LogP contribution in [0.15, 0.2) is 36.9 Å². The number of nitrogens with one attached hydrogen (secondary N) is 1. The maximum absolute atomic E-state index is 5.57. The molecule has 1 N–H and O–H groups in total. The number of benzene rings is 1. The Morgan fingerprint density at radius 2 is 2.15 bits per heavy atom. The van der Waals surface area contributed by atoms with Gasteiger partial charge < -0.3 is 4.74 Å². The first-order chi connectivity index (χ1) is 9.74. The van der Waals surface area contributed by atoms with Gasteiger partial charge in [-0.2, -0.15) is 5.10 Å². The standard InChI is InChI=1S/C15H19N3OS/c1-3-9-18-14(16-17-15(18)20)11-12-5-7-13(8-6-12)19-10-4-2/h3,5-8H,1,4,9-11H2,2H3,(H,17,20). The minimum atomic E-state index is 0.628. The summed E-state index contributed by atoms with van der Waals surface area (Å²) in [5.41, 5.74) is 1.17. The second-order valence-electron chi connectivity index (χ2n) is 4.51. The average Bonchev–Trinajstić information content (AvgIpc) is 2.80. The van der Waals surface area contributed by atoms with Gasteiger partial charge in [-0.3, -0.25) is 9.67 Å². The van der Waals surface area contributed by atoms with E-state index >= 15 is 0 Å². The molecular formula is C15H19N3OS. The van der Waals surface area contributed by atoms with Gasteiger partial charge in [-0.15, -0.1) is 6.58 Å². The van der Waals surface area contributed by atoms with E-state index in [0.29, 0.717) is 11.3 Å². The summed E-state index contributed by atoms with van der Waals surface area (Å²) >= 11 is 5.20. The highest BCUT2D eigenvalue weighted by molar-refractivity contribution is 7.71. The van der Waals surface area contributed by atoms with Crippen LogP contribution in [-0.2, 0) is 13.0 Å². The fourth-order valence-corrected chi connectivity index (χ4v) is 2.13. The average molecular weight is 289 g/mol. The van der Waals surface area contributed by atoms with Crippen LogP contribution in [-0.4, -0.2) is 21.4 Å². The van der Waals surface area contributed by atoms with Crippen molar-refractivity contribution >= 4 is 12.2 Å². The summed E-state index contributed by atoms with van der Waals surface area (Å²) in [6.45, 7) is 7.25. The van der Waals surface area contributed by atoms with E-state index in [9.17, 15) is 0 Å². The molecule has 0 saturated carbocycles. The van der Waals surface area contributed by atoms with E-state index in [-0.39, 0.29) is 0 Å². The number of hydrogen-bond acceptors (Lipinski definition) is 3. The van der Waals surface area contributed by atoms with Gasteiger partial charge in [0.15, 0.2) is 4.77 Å². The summed E-state index contributed by atoms with van der Waals surface area (Å²) in [5, 5.41) is 7.09. The fraction of sp³-hybridized carbons (Fsp3) is 0.333. The van der Waals surface area contributed by atoms with Gasteiger partial charge >= 0.3 is 0 Å². The first kappa shape index (κ1) is 14.5. The molecule has 1 heterocycles. The van der Waals surface area contributed by atoms with E-state index in [1.165, 1.54) is 5.56 Å². The predicted octanol–water partition coefficient (Wildman–Crippen LogP) is 3.51. The smallest absolute Gasteiger partial charge is 0.195 e. The molecule has 0 radical (unpaired) electrons. The van der Waals surface area contributed by atoms with Crippen LogP contribution in [0.1, 0.15) is 24.7 Å². The van der Waals surface area contributed by atoms with Gasteiger partial charge in [-0.1, -0.05) is 25.1 Å². The molecule has 0 unspecified atom stereocenters. The van der Waals surface area contributed by atoms with Crippen LogP contribution in [0.2, 0.25) is 0 Å². The minimum absolute atomic E-state index is 0.628. The summed E-state index contributed by atoms with van der Waals surface area (Å²) in [6.07, 6.45) is 3.56. The van der Waals surface area contributed by atoms with Gasteiger partial charge in [-0.25, -0.2) is 0 Å². The van der Waals surface area contributed by atoms with Crippen molar-refractivity contribution in [2.45, 2.75) is 26.3 Å². The lowest BCUT2D eigenvalue weighted by molar-refractivity contribution is 0.317. The van der Waals surface area contributed by atoms with Crippen LogP contribution < -0.4 is 4.74 Å². The van der Waals surface area contributed by atoms with Crippen LogP contribution in [0, 0.1) is 4.77 Å². The number of aromatic nitrogens is 3. The molecule has 4 nitrogen and oxygen atoms in total. The third-order valence-corrected chi connectivity index (χ3v) is 3.22. The molecule has 0 aliphatic carbocycles. The Hall–Kier alpha value is -1.88. The normalized spacial score (nSPS) is 10.4. The summed E-state index contributed by atoms with van der Waals surface area (Å²) in [7, 11) is 0. The zero-order valence-corrected chi connectivity index (χ0v) is 12.4. The number of ether oxygens (including phenoxy) is 1. The van der Waals surface area contributed by atoms with Crippen molar-refractivity contribution in [2.24, 2.45) is 0 Å². The van der Waals surface area contributed by atoms with E-state index in [2.05, 4.69) is 35.8 Å². The summed E-state index contributed by atoms with van der Waals surface area (Å²) in [4.78, 5) is 0. The molecule has 0 aliphatic heterocycles. The van der Waals surface area contributed by atoms with Gasteiger partial charge in [0, 0.05) is 13.0 Å². The number of allylic oxidation sites excluding steroid dienone is 1. The zero-order valence-electron chi connectivity index (χ0n) is 11.6. The second-order valence-corrected chi connectivity index (χ2v) is 4.90. The monoisotopic (exact) mass is 289 g/mol. The van der Waals surface area contributed by atoms with Gasteiger partial charge in [0.1, 0.15) is 11.6 Å². The largest absolute Gasteiger partial charge is 0.494 e. The molecule has 5 heteroatoms. The molecule has 0 bridgehead atoms. The number of aromatic amines is 1. The van der Waals surface area contributed by atoms with Crippen molar-refractivity contribution in [3.8, 4) is 5.75 Å². The summed E-state index contributed by atoms with van der Waals surface area (Å²) in [5.74, 6) is 1.82. The summed E-state index contributed by atoms with van der Waals surface area (Å²) in [6, 6.07) is 8.09. The molecule has 20 heavy (non-hydrogen) atoms. The SMILES string of the molecule is C=CCn1c(Cc2ccc(OCCC)cc2)n[nH]c1=S. The highest BCUT2D eigenvalue weighted by Gasteiger charge is 2.06. The van der Waals surface area contributed by atoms with Gasteiger partial charge in [-0.05, 0) is 36.3 Å². The van der Waals surface area contributed by atoms with Crippen molar-refractivity contribution < 1.29 is 4.74 Å². The Labute approximate surface area is 124 Å². The lowest BCUT2D eigenvalue weighted by atomic mass is 10.1. The third kappa shape index (κ3) is 3.57.